The predicted octanol–water partition coefficient (Wildman–Crippen LogP) is 3.46. The number of hydrogen-bond acceptors (Lipinski definition) is 3. The summed E-state index contributed by atoms with van der Waals surface area (Å²) in [5.41, 5.74) is 9.12. The Bertz CT molecular complexity index is 516. The summed E-state index contributed by atoms with van der Waals surface area (Å²) in [6, 6.07) is 4.19. The Morgan fingerprint density at radius 2 is 2.12 bits per heavy atom. The van der Waals surface area contributed by atoms with Gasteiger partial charge in [-0.2, -0.15) is 5.10 Å². The molecule has 2 heterocycles. The fourth-order valence-electron chi connectivity index (χ4n) is 1.91. The molecule has 0 aromatic carbocycles. The molecular weight excluding hydrogens is 298 g/mol. The molecule has 92 valence electrons. The molecule has 5 heteroatoms. The highest BCUT2D eigenvalue weighted by Crippen LogP contribution is 2.25. The number of thiophene rings is 1. The molecular formula is C12H16BrN3S. The van der Waals surface area contributed by atoms with E-state index in [0.717, 1.165) is 40.2 Å². The second-order valence-electron chi connectivity index (χ2n) is 3.88. The van der Waals surface area contributed by atoms with Gasteiger partial charge in [-0.3, -0.25) is 4.68 Å². The number of anilines is 1. The Balaban J connectivity index is 2.32. The Hall–Kier alpha value is -0.810. The van der Waals surface area contributed by atoms with E-state index >= 15 is 0 Å². The molecule has 0 saturated carbocycles. The fourth-order valence-corrected chi connectivity index (χ4v) is 3.38. The van der Waals surface area contributed by atoms with Crippen molar-refractivity contribution in [2.75, 3.05) is 5.73 Å². The summed E-state index contributed by atoms with van der Waals surface area (Å²) in [4.78, 5) is 1.29. The minimum atomic E-state index is 0.809. The average Bonchev–Trinajstić information content (AvgIpc) is 2.83. The highest BCUT2D eigenvalue weighted by Gasteiger charge is 2.13. The maximum absolute atomic E-state index is 6.09. The molecule has 2 rings (SSSR count). The summed E-state index contributed by atoms with van der Waals surface area (Å²) in [6.07, 6.45) is 1.81. The third-order valence-corrected chi connectivity index (χ3v) is 4.39. The van der Waals surface area contributed by atoms with Crippen LogP contribution in [0.5, 0.6) is 0 Å². The second kappa shape index (κ2) is 5.23. The minimum absolute atomic E-state index is 0.809. The van der Waals surface area contributed by atoms with Gasteiger partial charge in [-0.15, -0.1) is 11.3 Å². The van der Waals surface area contributed by atoms with E-state index in [0.29, 0.717) is 0 Å². The monoisotopic (exact) mass is 313 g/mol. The lowest BCUT2D eigenvalue weighted by atomic mass is 10.2. The fraction of sp³-hybridized carbons (Fsp3) is 0.417. The molecule has 2 aromatic rings. The largest absolute Gasteiger partial charge is 0.396 e. The van der Waals surface area contributed by atoms with Gasteiger partial charge >= 0.3 is 0 Å². The Kier molecular flexibility index (Phi) is 3.89. The number of aromatic nitrogens is 2. The molecule has 0 aliphatic heterocycles. The lowest BCUT2D eigenvalue weighted by molar-refractivity contribution is 0.647. The zero-order valence-electron chi connectivity index (χ0n) is 10.0. The van der Waals surface area contributed by atoms with Gasteiger partial charge in [0.1, 0.15) is 0 Å². The van der Waals surface area contributed by atoms with Gasteiger partial charge in [0.05, 0.1) is 27.4 Å². The van der Waals surface area contributed by atoms with Crippen LogP contribution in [0.25, 0.3) is 0 Å². The van der Waals surface area contributed by atoms with Crippen molar-refractivity contribution in [1.29, 1.82) is 0 Å². The van der Waals surface area contributed by atoms with E-state index in [1.54, 1.807) is 11.3 Å². The van der Waals surface area contributed by atoms with E-state index in [-0.39, 0.29) is 0 Å². The van der Waals surface area contributed by atoms with Crippen LogP contribution < -0.4 is 5.73 Å². The van der Waals surface area contributed by atoms with E-state index in [4.69, 9.17) is 5.73 Å². The van der Waals surface area contributed by atoms with Crippen LogP contribution >= 0.6 is 27.3 Å². The average molecular weight is 314 g/mol. The Morgan fingerprint density at radius 1 is 1.35 bits per heavy atom. The number of aryl methyl sites for hydroxylation is 1. The molecule has 0 fully saturated rings. The summed E-state index contributed by atoms with van der Waals surface area (Å²) in [7, 11) is 0. The molecule has 0 atom stereocenters. The van der Waals surface area contributed by atoms with Crippen molar-refractivity contribution in [1.82, 2.24) is 9.78 Å². The zero-order valence-corrected chi connectivity index (χ0v) is 12.4. The van der Waals surface area contributed by atoms with Gasteiger partial charge in [0, 0.05) is 4.88 Å². The van der Waals surface area contributed by atoms with Gasteiger partial charge in [-0.1, -0.05) is 13.8 Å². The molecule has 2 N–H and O–H groups in total. The molecule has 0 aliphatic rings. The number of hydrogen-bond donors (Lipinski definition) is 1. The summed E-state index contributed by atoms with van der Waals surface area (Å²) in [5.74, 6) is 0. The molecule has 2 aromatic heterocycles. The van der Waals surface area contributed by atoms with E-state index in [2.05, 4.69) is 47.0 Å². The lowest BCUT2D eigenvalue weighted by Crippen LogP contribution is -2.05. The Morgan fingerprint density at radius 3 is 2.65 bits per heavy atom. The quantitative estimate of drug-likeness (QED) is 0.939. The highest BCUT2D eigenvalue weighted by atomic mass is 79.9. The maximum Gasteiger partial charge on any atom is 0.0854 e. The van der Waals surface area contributed by atoms with Crippen molar-refractivity contribution in [3.63, 3.8) is 0 Å². The molecule has 3 nitrogen and oxygen atoms in total. The molecule has 0 spiro atoms. The summed E-state index contributed by atoms with van der Waals surface area (Å²) in [6.45, 7) is 5.02. The Labute approximate surface area is 114 Å². The van der Waals surface area contributed by atoms with Crippen molar-refractivity contribution in [3.05, 3.63) is 32.2 Å². The van der Waals surface area contributed by atoms with Gasteiger partial charge in [-0.05, 0) is 40.9 Å². The highest BCUT2D eigenvalue weighted by molar-refractivity contribution is 9.11. The van der Waals surface area contributed by atoms with Crippen molar-refractivity contribution in [3.8, 4) is 0 Å². The van der Waals surface area contributed by atoms with Gasteiger partial charge in [0.2, 0.25) is 0 Å². The van der Waals surface area contributed by atoms with E-state index < -0.39 is 0 Å². The number of nitrogens with two attached hydrogens (primary N) is 1. The van der Waals surface area contributed by atoms with Crippen LogP contribution in [0.3, 0.4) is 0 Å². The second-order valence-corrected chi connectivity index (χ2v) is 6.43. The molecule has 17 heavy (non-hydrogen) atoms. The summed E-state index contributed by atoms with van der Waals surface area (Å²) >= 11 is 5.22. The first-order chi connectivity index (χ1) is 8.15. The van der Waals surface area contributed by atoms with Crippen LogP contribution in [0.15, 0.2) is 15.9 Å². The van der Waals surface area contributed by atoms with E-state index in [1.165, 1.54) is 4.88 Å². The van der Waals surface area contributed by atoms with Gasteiger partial charge < -0.3 is 5.73 Å². The zero-order chi connectivity index (χ0) is 12.4. The number of nitrogen functional groups attached to an aromatic ring is 1. The third kappa shape index (κ3) is 2.55. The van der Waals surface area contributed by atoms with Crippen LogP contribution in [-0.4, -0.2) is 9.78 Å². The van der Waals surface area contributed by atoms with Crippen molar-refractivity contribution in [2.24, 2.45) is 0 Å². The molecule has 0 saturated heterocycles. The van der Waals surface area contributed by atoms with Crippen molar-refractivity contribution in [2.45, 2.75) is 33.2 Å². The maximum atomic E-state index is 6.09. The number of nitrogens with zero attached hydrogens (tertiary/aromatic N) is 2. The smallest absolute Gasteiger partial charge is 0.0854 e. The first kappa shape index (κ1) is 12.6. The van der Waals surface area contributed by atoms with Gasteiger partial charge in [0.15, 0.2) is 0 Å². The molecule has 0 radical (unpaired) electrons. The van der Waals surface area contributed by atoms with Crippen molar-refractivity contribution < 1.29 is 0 Å². The molecule has 0 amide bonds. The van der Waals surface area contributed by atoms with E-state index in [1.807, 2.05) is 4.68 Å². The summed E-state index contributed by atoms with van der Waals surface area (Å²) < 4.78 is 3.19. The van der Waals surface area contributed by atoms with Crippen LogP contribution in [-0.2, 0) is 19.4 Å². The van der Waals surface area contributed by atoms with Crippen LogP contribution in [0.2, 0.25) is 0 Å². The topological polar surface area (TPSA) is 43.8 Å². The number of rotatable bonds is 4. The standard InChI is InChI=1S/C12H16BrN3S/c1-3-9-12(14)10(4-2)16(15-9)7-8-5-6-11(13)17-8/h5-6H,3-4,7,14H2,1-2H3. The first-order valence-electron chi connectivity index (χ1n) is 5.73. The van der Waals surface area contributed by atoms with Crippen LogP contribution in [0.1, 0.15) is 30.1 Å². The normalized spacial score (nSPS) is 11.0. The lowest BCUT2D eigenvalue weighted by Gasteiger charge is -2.04. The summed E-state index contributed by atoms with van der Waals surface area (Å²) in [5, 5.41) is 4.59. The first-order valence-corrected chi connectivity index (χ1v) is 7.34. The minimum Gasteiger partial charge on any atom is -0.396 e. The predicted molar refractivity (Wildman–Crippen MR) is 76.5 cm³/mol. The van der Waals surface area contributed by atoms with Crippen molar-refractivity contribution >= 4 is 33.0 Å². The molecule has 0 unspecified atom stereocenters. The SMILES string of the molecule is CCc1nn(Cc2ccc(Br)s2)c(CC)c1N. The van der Waals surface area contributed by atoms with Gasteiger partial charge in [0.25, 0.3) is 0 Å². The third-order valence-electron chi connectivity index (χ3n) is 2.78. The van der Waals surface area contributed by atoms with Crippen LogP contribution in [0, 0.1) is 0 Å². The molecule has 0 aliphatic carbocycles. The van der Waals surface area contributed by atoms with E-state index in [9.17, 15) is 0 Å². The van der Waals surface area contributed by atoms with Crippen LogP contribution in [0.4, 0.5) is 5.69 Å². The number of halogens is 1. The van der Waals surface area contributed by atoms with Gasteiger partial charge in [-0.25, -0.2) is 0 Å². The molecule has 0 bridgehead atoms.